The maximum atomic E-state index is 14.4. The molecule has 0 saturated heterocycles. The second kappa shape index (κ2) is 33.0. The molecule has 542 valence electrons. The molecular formula is C79H55Cl3F14N8O2. The first-order chi connectivity index (χ1) is 50.5. The van der Waals surface area contributed by atoms with E-state index in [4.69, 9.17) is 40.5 Å². The number of nitrogens with zero attached hydrogens (tertiary/aromatic N) is 3. The van der Waals surface area contributed by atoms with Gasteiger partial charge in [-0.2, -0.15) is 26.3 Å². The molecule has 5 aromatic heterocycles. The molecule has 0 aliphatic rings. The van der Waals surface area contributed by atoms with E-state index in [1.54, 1.807) is 91.1 Å². The van der Waals surface area contributed by atoms with E-state index in [-0.39, 0.29) is 63.6 Å². The van der Waals surface area contributed by atoms with Gasteiger partial charge in [-0.3, -0.25) is 24.5 Å². The summed E-state index contributed by atoms with van der Waals surface area (Å²) in [6, 6.07) is 43.1. The number of fused-ring (bicyclic) bond motifs is 2. The summed E-state index contributed by atoms with van der Waals surface area (Å²) < 4.78 is 197. The number of carbonyl (C=O) groups excluding carboxylic acids is 2. The Bertz CT molecular complexity index is 4980. The monoisotopic (exact) mass is 1520 g/mol. The molecule has 27 heteroatoms. The molecule has 2 amide bonds. The van der Waals surface area contributed by atoms with Gasteiger partial charge in [-0.05, 0) is 191 Å². The first kappa shape index (κ1) is 76.2. The van der Waals surface area contributed by atoms with Crippen molar-refractivity contribution in [2.75, 3.05) is 0 Å². The largest absolute Gasteiger partial charge is 0.404 e. The molecule has 0 aliphatic heterocycles. The second-order valence-electron chi connectivity index (χ2n) is 24.3. The van der Waals surface area contributed by atoms with Crippen molar-refractivity contribution in [1.82, 2.24) is 35.6 Å². The van der Waals surface area contributed by atoms with Gasteiger partial charge in [-0.1, -0.05) is 89.4 Å². The number of benzene rings is 8. The van der Waals surface area contributed by atoms with Crippen molar-refractivity contribution in [3.05, 3.63) is 338 Å². The number of rotatable bonds is 18. The summed E-state index contributed by atoms with van der Waals surface area (Å²) in [5, 5.41) is 6.16. The lowest BCUT2D eigenvalue weighted by molar-refractivity contribution is -0.167. The maximum absolute atomic E-state index is 14.4. The number of halogens is 17. The molecule has 106 heavy (non-hydrogen) atoms. The third-order valence-electron chi connectivity index (χ3n) is 16.9. The topological polar surface area (TPSA) is 154 Å². The van der Waals surface area contributed by atoms with Crippen LogP contribution in [0.25, 0.3) is 55.2 Å². The van der Waals surface area contributed by atoms with Gasteiger partial charge in [0.1, 0.15) is 46.5 Å². The first-order valence-corrected chi connectivity index (χ1v) is 33.2. The predicted molar refractivity (Wildman–Crippen MR) is 377 cm³/mol. The van der Waals surface area contributed by atoms with Crippen molar-refractivity contribution in [3.8, 4) is 33.4 Å². The lowest BCUT2D eigenvalue weighted by Gasteiger charge is -2.25. The Labute approximate surface area is 610 Å². The summed E-state index contributed by atoms with van der Waals surface area (Å²) in [5.74, 6) is -14.6. The highest BCUT2D eigenvalue weighted by Gasteiger charge is 2.49. The van der Waals surface area contributed by atoms with Gasteiger partial charge < -0.3 is 26.3 Å². The van der Waals surface area contributed by atoms with Crippen molar-refractivity contribution in [2.45, 2.75) is 61.6 Å². The van der Waals surface area contributed by atoms with Gasteiger partial charge in [-0.15, -0.1) is 0 Å². The summed E-state index contributed by atoms with van der Waals surface area (Å²) in [6.07, 6.45) is -3.96. The Kier molecular flexibility index (Phi) is 23.8. The van der Waals surface area contributed by atoms with Crippen LogP contribution in [0.1, 0.15) is 74.9 Å². The fourth-order valence-electron chi connectivity index (χ4n) is 12.3. The van der Waals surface area contributed by atoms with E-state index in [2.05, 4.69) is 35.6 Å². The standard InChI is InChI=1S/2C30H20ClF6N3O.C19H15ClF2N2/c2*31-18-5-3-17(4-6-18)22-2-1-9-38-28(22)26(12-16-10-20(33)13-21(34)11-16)40-29(41)27(30(35,36)37)24-15-39-25-8-7-19(32)14-23(24)25;20-14-5-3-13(4-6-14)17-2-1-7-24-19(17)18(23)10-12-8-15(21)11-16(22)9-12/h2*1-11,13-15,26-27,39H,12H2,(H,40,41);1-9,11,18H,10,23H2/t2*26-,27?;18-/m000/s1. The van der Waals surface area contributed by atoms with E-state index in [0.717, 1.165) is 78.1 Å². The predicted octanol–water partition coefficient (Wildman–Crippen LogP) is 21.0. The zero-order valence-electron chi connectivity index (χ0n) is 54.6. The first-order valence-electron chi connectivity index (χ1n) is 32.0. The van der Waals surface area contributed by atoms with Crippen LogP contribution in [-0.2, 0) is 28.9 Å². The summed E-state index contributed by atoms with van der Waals surface area (Å²) in [6.45, 7) is 0. The minimum atomic E-state index is -5.07. The number of pyridine rings is 3. The van der Waals surface area contributed by atoms with Crippen LogP contribution in [-0.4, -0.2) is 49.1 Å². The third kappa shape index (κ3) is 18.9. The summed E-state index contributed by atoms with van der Waals surface area (Å²) in [7, 11) is 0. The Morgan fingerprint density at radius 2 is 0.689 bits per heavy atom. The Morgan fingerprint density at radius 1 is 0.387 bits per heavy atom. The number of amides is 2. The molecule has 5 atom stereocenters. The number of aromatic nitrogens is 5. The molecule has 6 N–H and O–H groups in total. The van der Waals surface area contributed by atoms with Gasteiger partial charge in [-0.25, -0.2) is 35.1 Å². The minimum Gasteiger partial charge on any atom is -0.361 e. The van der Waals surface area contributed by atoms with Crippen molar-refractivity contribution in [3.63, 3.8) is 0 Å². The average molecular weight is 1520 g/mol. The van der Waals surface area contributed by atoms with Crippen LogP contribution >= 0.6 is 34.8 Å². The molecule has 8 aromatic carbocycles. The van der Waals surface area contributed by atoms with E-state index in [1.165, 1.54) is 36.7 Å². The molecule has 13 rings (SSSR count). The normalized spacial score (nSPS) is 13.0. The van der Waals surface area contributed by atoms with E-state index in [0.29, 0.717) is 60.7 Å². The van der Waals surface area contributed by atoms with Gasteiger partial charge in [0.15, 0.2) is 11.8 Å². The zero-order valence-corrected chi connectivity index (χ0v) is 56.9. The number of hydrogen-bond donors (Lipinski definition) is 5. The molecule has 2 unspecified atom stereocenters. The average Bonchev–Trinajstić information content (AvgIpc) is 1.61. The van der Waals surface area contributed by atoms with Crippen LogP contribution < -0.4 is 16.4 Å². The van der Waals surface area contributed by atoms with Gasteiger partial charge >= 0.3 is 12.4 Å². The molecule has 0 radical (unpaired) electrons. The number of nitrogens with two attached hydrogens (primary N) is 1. The molecule has 5 heterocycles. The fourth-order valence-corrected chi connectivity index (χ4v) is 12.7. The van der Waals surface area contributed by atoms with E-state index in [9.17, 15) is 71.1 Å². The highest BCUT2D eigenvalue weighted by molar-refractivity contribution is 6.31. The van der Waals surface area contributed by atoms with Crippen LogP contribution in [0.4, 0.5) is 61.5 Å². The fraction of sp³-hybridized carbons (Fsp3) is 0.127. The Balaban J connectivity index is 0.000000164. The minimum absolute atomic E-state index is 0.0817. The van der Waals surface area contributed by atoms with Crippen LogP contribution in [0.5, 0.6) is 0 Å². The van der Waals surface area contributed by atoms with Gasteiger partial charge in [0.2, 0.25) is 11.8 Å². The lowest BCUT2D eigenvalue weighted by atomic mass is 9.93. The van der Waals surface area contributed by atoms with Crippen LogP contribution in [0.15, 0.2) is 231 Å². The van der Waals surface area contributed by atoms with E-state index < -0.39 is 112 Å². The number of carbonyl (C=O) groups is 2. The second-order valence-corrected chi connectivity index (χ2v) is 25.6. The molecule has 0 spiro atoms. The number of hydrogen-bond acceptors (Lipinski definition) is 6. The Hall–Kier alpha value is -10.9. The zero-order chi connectivity index (χ0) is 75.7. The quantitative estimate of drug-likeness (QED) is 0.0539. The highest BCUT2D eigenvalue weighted by Crippen LogP contribution is 2.43. The maximum Gasteiger partial charge on any atom is 0.404 e. The van der Waals surface area contributed by atoms with Gasteiger partial charge in [0.05, 0.1) is 35.2 Å². The molecule has 0 fully saturated rings. The van der Waals surface area contributed by atoms with Crippen molar-refractivity contribution >= 4 is 68.4 Å². The molecule has 0 bridgehead atoms. The smallest absolute Gasteiger partial charge is 0.361 e. The molecular weight excluding hydrogens is 1470 g/mol. The van der Waals surface area contributed by atoms with Gasteiger partial charge in [0, 0.05) is 103 Å². The van der Waals surface area contributed by atoms with E-state index >= 15 is 0 Å². The van der Waals surface area contributed by atoms with Crippen molar-refractivity contribution in [1.29, 1.82) is 0 Å². The number of H-pyrrole nitrogens is 2. The van der Waals surface area contributed by atoms with Crippen LogP contribution in [0.3, 0.4) is 0 Å². The number of nitrogens with one attached hydrogen (secondary N) is 4. The third-order valence-corrected chi connectivity index (χ3v) is 17.6. The van der Waals surface area contributed by atoms with E-state index in [1.807, 2.05) is 24.3 Å². The van der Waals surface area contributed by atoms with Crippen LogP contribution in [0.2, 0.25) is 15.1 Å². The summed E-state index contributed by atoms with van der Waals surface area (Å²) in [4.78, 5) is 45.3. The highest BCUT2D eigenvalue weighted by atomic mass is 35.5. The number of alkyl halides is 6. The number of aromatic amines is 2. The van der Waals surface area contributed by atoms with Gasteiger partial charge in [0.25, 0.3) is 0 Å². The molecule has 13 aromatic rings. The molecule has 0 aliphatic carbocycles. The summed E-state index contributed by atoms with van der Waals surface area (Å²) >= 11 is 17.9. The SMILES string of the molecule is N[C@@H](Cc1cc(F)cc(F)c1)c1ncccc1-c1ccc(Cl)cc1.O=C(N[C@@H](Cc1cc(F)cc(F)c1)c1ncccc1-c1ccc(Cl)cc1)C(c1c[nH]c2ccc(F)cc12)C(F)(F)F.O=C(N[C@@H](Cc1cc(F)cc(F)c1)c1ncccc1-c1ccc(Cl)cc1)C(c1c[nH]c2ccc(F)cc12)C(F)(F)F. The lowest BCUT2D eigenvalue weighted by Crippen LogP contribution is -2.40. The summed E-state index contributed by atoms with van der Waals surface area (Å²) in [5.41, 5.74) is 11.3. The molecule has 0 saturated carbocycles. The van der Waals surface area contributed by atoms with Crippen molar-refractivity contribution in [2.24, 2.45) is 5.73 Å². The molecule has 10 nitrogen and oxygen atoms in total. The van der Waals surface area contributed by atoms with Crippen molar-refractivity contribution < 1.29 is 71.1 Å². The van der Waals surface area contributed by atoms with Crippen LogP contribution in [0, 0.1) is 46.5 Å². The Morgan fingerprint density at radius 3 is 1.01 bits per heavy atom.